The summed E-state index contributed by atoms with van der Waals surface area (Å²) in [6, 6.07) is 12.8. The fourth-order valence-corrected chi connectivity index (χ4v) is 3.58. The number of aromatic nitrogens is 4. The summed E-state index contributed by atoms with van der Waals surface area (Å²) in [5.74, 6) is 1.48. The lowest BCUT2D eigenvalue weighted by Gasteiger charge is -2.12. The summed E-state index contributed by atoms with van der Waals surface area (Å²) in [4.78, 5) is 25.1. The Morgan fingerprint density at radius 2 is 1.94 bits per heavy atom. The Labute approximate surface area is 193 Å². The second-order valence-electron chi connectivity index (χ2n) is 7.03. The molecule has 0 atom stereocenters. The lowest BCUT2D eigenvalue weighted by molar-refractivity contribution is 0.0596. The minimum atomic E-state index is -0.695. The Morgan fingerprint density at radius 1 is 1.12 bits per heavy atom. The van der Waals surface area contributed by atoms with Gasteiger partial charge in [0.05, 0.1) is 13.4 Å². The number of carbonyl (C=O) groups is 1. The van der Waals surface area contributed by atoms with Crippen molar-refractivity contribution in [1.29, 1.82) is 0 Å². The fourth-order valence-electron chi connectivity index (χ4n) is 3.33. The molecule has 1 aliphatic heterocycles. The van der Waals surface area contributed by atoms with Crippen LogP contribution in [0.5, 0.6) is 23.1 Å². The van der Waals surface area contributed by atoms with E-state index in [-0.39, 0.29) is 23.4 Å². The maximum absolute atomic E-state index is 12.3. The number of imidazole rings is 1. The number of esters is 1. The maximum atomic E-state index is 12.3. The Morgan fingerprint density at radius 3 is 2.70 bits per heavy atom. The van der Waals surface area contributed by atoms with Crippen LogP contribution in [0.25, 0.3) is 5.69 Å². The highest BCUT2D eigenvalue weighted by molar-refractivity contribution is 6.32. The van der Waals surface area contributed by atoms with E-state index in [2.05, 4.69) is 15.0 Å². The molecule has 0 radical (unpaired) electrons. The summed E-state index contributed by atoms with van der Waals surface area (Å²) in [5, 5.41) is -0.0578. The number of rotatable bonds is 6. The minimum Gasteiger partial charge on any atom is -0.465 e. The van der Waals surface area contributed by atoms with E-state index in [1.165, 1.54) is 7.11 Å². The molecule has 4 aromatic rings. The van der Waals surface area contributed by atoms with Crippen LogP contribution < -0.4 is 14.2 Å². The number of ether oxygens (including phenoxy) is 4. The zero-order valence-electron chi connectivity index (χ0n) is 17.4. The van der Waals surface area contributed by atoms with E-state index in [0.29, 0.717) is 29.5 Å². The summed E-state index contributed by atoms with van der Waals surface area (Å²) in [6.45, 7) is 0.187. The van der Waals surface area contributed by atoms with E-state index in [1.807, 2.05) is 41.1 Å². The van der Waals surface area contributed by atoms with Crippen molar-refractivity contribution in [3.8, 4) is 28.8 Å². The first-order valence-corrected chi connectivity index (χ1v) is 10.3. The molecule has 0 fully saturated rings. The Bertz CT molecular complexity index is 1310. The van der Waals surface area contributed by atoms with Crippen molar-refractivity contribution in [2.45, 2.75) is 6.42 Å². The Balaban J connectivity index is 1.45. The van der Waals surface area contributed by atoms with Crippen LogP contribution in [0, 0.1) is 0 Å². The van der Waals surface area contributed by atoms with Crippen molar-refractivity contribution in [3.63, 3.8) is 0 Å². The quantitative estimate of drug-likeness (QED) is 0.309. The normalized spacial score (nSPS) is 11.9. The van der Waals surface area contributed by atoms with Crippen LogP contribution in [-0.2, 0) is 11.2 Å². The number of carbonyl (C=O) groups excluding carboxylic acids is 1. The molecule has 0 unspecified atom stereocenters. The minimum absolute atomic E-state index is 0.00738. The summed E-state index contributed by atoms with van der Waals surface area (Å²) < 4.78 is 23.4. The molecule has 1 aliphatic rings. The van der Waals surface area contributed by atoms with Gasteiger partial charge < -0.3 is 23.5 Å². The van der Waals surface area contributed by atoms with Crippen LogP contribution in [0.2, 0.25) is 5.15 Å². The topological polar surface area (TPSA) is 97.6 Å². The zero-order valence-corrected chi connectivity index (χ0v) is 18.2. The van der Waals surface area contributed by atoms with Crippen molar-refractivity contribution in [1.82, 2.24) is 19.5 Å². The number of nitrogens with zero attached hydrogens (tertiary/aromatic N) is 4. The van der Waals surface area contributed by atoms with E-state index in [1.54, 1.807) is 24.7 Å². The highest BCUT2D eigenvalue weighted by atomic mass is 35.5. The van der Waals surface area contributed by atoms with Crippen molar-refractivity contribution in [2.75, 3.05) is 13.9 Å². The number of methoxy groups -OCH3 is 1. The molecule has 2 aromatic carbocycles. The first-order chi connectivity index (χ1) is 16.1. The van der Waals surface area contributed by atoms with Crippen LogP contribution >= 0.6 is 11.6 Å². The third-order valence-corrected chi connectivity index (χ3v) is 5.19. The van der Waals surface area contributed by atoms with E-state index < -0.39 is 5.97 Å². The molecule has 0 N–H and O–H groups in total. The van der Waals surface area contributed by atoms with E-state index in [4.69, 9.17) is 30.5 Å². The van der Waals surface area contributed by atoms with Crippen molar-refractivity contribution in [2.24, 2.45) is 0 Å². The lowest BCUT2D eigenvalue weighted by Crippen LogP contribution is -2.10. The fraction of sp³-hybridized carbons (Fsp3) is 0.130. The van der Waals surface area contributed by atoms with Gasteiger partial charge in [-0.05, 0) is 42.0 Å². The number of hydrogen-bond acceptors (Lipinski definition) is 8. The standard InChI is InChI=1S/C23H17ClN4O5/c1-30-23(29)20-21(24)26-19(11-14-2-7-17-18(10-14)32-13-31-17)27-22(20)33-16-5-3-15(4-6-16)28-9-8-25-12-28/h2-10,12H,11,13H2,1H3. The number of halogens is 1. The Kier molecular flexibility index (Phi) is 5.54. The smallest absolute Gasteiger partial charge is 0.346 e. The highest BCUT2D eigenvalue weighted by Gasteiger charge is 2.23. The molecule has 0 aliphatic carbocycles. The van der Waals surface area contributed by atoms with Gasteiger partial charge in [-0.2, -0.15) is 4.98 Å². The summed E-state index contributed by atoms with van der Waals surface area (Å²) in [6.07, 6.45) is 5.56. The van der Waals surface area contributed by atoms with Gasteiger partial charge in [0.15, 0.2) is 22.2 Å². The van der Waals surface area contributed by atoms with E-state index in [0.717, 1.165) is 11.3 Å². The number of benzene rings is 2. The molecular formula is C23H17ClN4O5. The highest BCUT2D eigenvalue weighted by Crippen LogP contribution is 2.34. The summed E-state index contributed by atoms with van der Waals surface area (Å²) in [7, 11) is 1.25. The molecule has 0 spiro atoms. The molecule has 0 amide bonds. The Hall–Kier alpha value is -4.11. The first kappa shape index (κ1) is 20.8. The molecule has 5 rings (SSSR count). The maximum Gasteiger partial charge on any atom is 0.346 e. The predicted octanol–water partition coefficient (Wildman–Crippen LogP) is 4.21. The predicted molar refractivity (Wildman–Crippen MR) is 117 cm³/mol. The monoisotopic (exact) mass is 464 g/mol. The van der Waals surface area contributed by atoms with Crippen LogP contribution in [-0.4, -0.2) is 39.4 Å². The van der Waals surface area contributed by atoms with Gasteiger partial charge in [-0.1, -0.05) is 17.7 Å². The van der Waals surface area contributed by atoms with Crippen LogP contribution in [0.3, 0.4) is 0 Å². The van der Waals surface area contributed by atoms with Gasteiger partial charge in [0, 0.05) is 24.5 Å². The van der Waals surface area contributed by atoms with Crippen LogP contribution in [0.4, 0.5) is 0 Å². The number of fused-ring (bicyclic) bond motifs is 1. The molecule has 9 nitrogen and oxygen atoms in total. The first-order valence-electron chi connectivity index (χ1n) is 9.90. The van der Waals surface area contributed by atoms with E-state index >= 15 is 0 Å². The molecule has 2 aromatic heterocycles. The van der Waals surface area contributed by atoms with Gasteiger partial charge in [-0.15, -0.1) is 0 Å². The largest absolute Gasteiger partial charge is 0.465 e. The van der Waals surface area contributed by atoms with Gasteiger partial charge in [0.1, 0.15) is 11.6 Å². The molecule has 0 bridgehead atoms. The SMILES string of the molecule is COC(=O)c1c(Cl)nc(Cc2ccc3c(c2)OCO3)nc1Oc1ccc(-n2ccnc2)cc1. The third-order valence-electron chi connectivity index (χ3n) is 4.92. The average molecular weight is 465 g/mol. The second kappa shape index (κ2) is 8.79. The second-order valence-corrected chi connectivity index (χ2v) is 7.39. The van der Waals surface area contributed by atoms with Gasteiger partial charge in [-0.25, -0.2) is 14.8 Å². The van der Waals surface area contributed by atoms with Gasteiger partial charge >= 0.3 is 5.97 Å². The van der Waals surface area contributed by atoms with Gasteiger partial charge in [0.25, 0.3) is 0 Å². The molecule has 33 heavy (non-hydrogen) atoms. The third kappa shape index (κ3) is 4.31. The van der Waals surface area contributed by atoms with Crippen LogP contribution in [0.1, 0.15) is 21.7 Å². The molecule has 0 saturated carbocycles. The summed E-state index contributed by atoms with van der Waals surface area (Å²) in [5.41, 5.74) is 1.74. The lowest BCUT2D eigenvalue weighted by atomic mass is 10.1. The molecule has 3 heterocycles. The van der Waals surface area contributed by atoms with Crippen LogP contribution in [0.15, 0.2) is 61.2 Å². The van der Waals surface area contributed by atoms with Gasteiger partial charge in [-0.3, -0.25) is 0 Å². The average Bonchev–Trinajstić information content (AvgIpc) is 3.51. The van der Waals surface area contributed by atoms with Gasteiger partial charge in [0.2, 0.25) is 12.7 Å². The summed E-state index contributed by atoms with van der Waals surface area (Å²) >= 11 is 6.34. The number of hydrogen-bond donors (Lipinski definition) is 0. The molecule has 166 valence electrons. The molecule has 0 saturated heterocycles. The zero-order chi connectivity index (χ0) is 22.8. The van der Waals surface area contributed by atoms with Crippen molar-refractivity contribution in [3.05, 3.63) is 83.3 Å². The van der Waals surface area contributed by atoms with Crippen molar-refractivity contribution < 1.29 is 23.7 Å². The van der Waals surface area contributed by atoms with Crippen molar-refractivity contribution >= 4 is 17.6 Å². The van der Waals surface area contributed by atoms with E-state index in [9.17, 15) is 4.79 Å². The molecular weight excluding hydrogens is 448 g/mol. The molecule has 10 heteroatoms.